The molecule has 4 nitrogen and oxygen atoms in total. The molecule has 0 aliphatic carbocycles. The van der Waals surface area contributed by atoms with Crippen molar-refractivity contribution in [1.82, 2.24) is 4.90 Å². The van der Waals surface area contributed by atoms with Crippen molar-refractivity contribution in [2.45, 2.75) is 13.8 Å². The highest BCUT2D eigenvalue weighted by Gasteiger charge is 2.22. The molecule has 1 aliphatic rings. The normalized spacial score (nSPS) is 15.6. The number of amides is 1. The van der Waals surface area contributed by atoms with E-state index in [1.165, 1.54) is 5.69 Å². The molecule has 5 heteroatoms. The maximum atomic E-state index is 11.9. The van der Waals surface area contributed by atoms with Gasteiger partial charge in [-0.1, -0.05) is 29.8 Å². The Morgan fingerprint density at radius 1 is 1.20 bits per heavy atom. The second-order valence-corrected chi connectivity index (χ2v) is 6.34. The Bertz CT molecular complexity index is 440. The third kappa shape index (κ3) is 4.13. The van der Waals surface area contributed by atoms with Crippen molar-refractivity contribution in [3.8, 4) is 0 Å². The van der Waals surface area contributed by atoms with Gasteiger partial charge in [0.15, 0.2) is 0 Å². The first kappa shape index (κ1) is 15.2. The van der Waals surface area contributed by atoms with Crippen LogP contribution >= 0.6 is 15.9 Å². The van der Waals surface area contributed by atoms with Gasteiger partial charge in [0.2, 0.25) is 0 Å². The molecule has 0 atom stereocenters. The molecule has 110 valence electrons. The number of rotatable bonds is 3. The lowest BCUT2D eigenvalue weighted by Gasteiger charge is -2.35. The first-order chi connectivity index (χ1) is 9.56. The predicted molar refractivity (Wildman–Crippen MR) is 84.1 cm³/mol. The van der Waals surface area contributed by atoms with E-state index in [1.54, 1.807) is 4.90 Å². The van der Waals surface area contributed by atoms with E-state index in [1.807, 2.05) is 26.0 Å². The number of piperazine rings is 1. The van der Waals surface area contributed by atoms with Crippen LogP contribution in [0, 0.1) is 5.92 Å². The molecule has 1 heterocycles. The molecule has 1 amide bonds. The van der Waals surface area contributed by atoms with Crippen molar-refractivity contribution >= 4 is 27.7 Å². The molecule has 1 saturated heterocycles. The van der Waals surface area contributed by atoms with Crippen LogP contribution < -0.4 is 4.90 Å². The summed E-state index contributed by atoms with van der Waals surface area (Å²) in [5, 5.41) is 0. The van der Waals surface area contributed by atoms with Gasteiger partial charge in [0.25, 0.3) is 0 Å². The minimum atomic E-state index is -0.186. The summed E-state index contributed by atoms with van der Waals surface area (Å²) in [5.41, 5.74) is 1.20. The summed E-state index contributed by atoms with van der Waals surface area (Å²) in [5.74, 6) is 0.378. The van der Waals surface area contributed by atoms with E-state index in [-0.39, 0.29) is 6.09 Å². The van der Waals surface area contributed by atoms with E-state index in [0.717, 1.165) is 17.6 Å². The Kier molecular flexibility index (Phi) is 5.29. The first-order valence-corrected chi connectivity index (χ1v) is 7.78. The van der Waals surface area contributed by atoms with Crippen LogP contribution in [0.3, 0.4) is 0 Å². The molecule has 0 bridgehead atoms. The van der Waals surface area contributed by atoms with Crippen molar-refractivity contribution in [1.29, 1.82) is 0 Å². The van der Waals surface area contributed by atoms with Gasteiger partial charge in [-0.15, -0.1) is 0 Å². The zero-order chi connectivity index (χ0) is 14.5. The molecule has 20 heavy (non-hydrogen) atoms. The largest absolute Gasteiger partial charge is 0.449 e. The average molecular weight is 341 g/mol. The number of benzene rings is 1. The van der Waals surface area contributed by atoms with Crippen LogP contribution in [0.15, 0.2) is 28.7 Å². The number of hydrogen-bond acceptors (Lipinski definition) is 3. The summed E-state index contributed by atoms with van der Waals surface area (Å²) < 4.78 is 6.34. The van der Waals surface area contributed by atoms with Crippen LogP contribution in [-0.2, 0) is 4.74 Å². The summed E-state index contributed by atoms with van der Waals surface area (Å²) in [6, 6.07) is 8.27. The van der Waals surface area contributed by atoms with Crippen molar-refractivity contribution in [3.63, 3.8) is 0 Å². The average Bonchev–Trinajstić information content (AvgIpc) is 2.46. The maximum Gasteiger partial charge on any atom is 0.409 e. The van der Waals surface area contributed by atoms with Gasteiger partial charge in [0.05, 0.1) is 6.61 Å². The number of carbonyl (C=O) groups excluding carboxylic acids is 1. The topological polar surface area (TPSA) is 32.8 Å². The molecule has 1 aliphatic heterocycles. The quantitative estimate of drug-likeness (QED) is 0.845. The second-order valence-electron chi connectivity index (χ2n) is 5.42. The van der Waals surface area contributed by atoms with Gasteiger partial charge >= 0.3 is 6.09 Å². The van der Waals surface area contributed by atoms with Gasteiger partial charge in [0.1, 0.15) is 0 Å². The first-order valence-electron chi connectivity index (χ1n) is 6.98. The fourth-order valence-electron chi connectivity index (χ4n) is 2.13. The molecule has 0 aromatic heterocycles. The lowest BCUT2D eigenvalue weighted by molar-refractivity contribution is 0.0901. The molecule has 0 N–H and O–H groups in total. The zero-order valence-electron chi connectivity index (χ0n) is 12.0. The Morgan fingerprint density at radius 2 is 1.80 bits per heavy atom. The molecule has 1 aromatic rings. The molecule has 1 fully saturated rings. The van der Waals surface area contributed by atoms with Gasteiger partial charge in [-0.05, 0) is 30.2 Å². The summed E-state index contributed by atoms with van der Waals surface area (Å²) in [6.07, 6.45) is -0.186. The number of hydrogen-bond donors (Lipinski definition) is 0. The summed E-state index contributed by atoms with van der Waals surface area (Å²) in [4.78, 5) is 15.9. The molecule has 0 radical (unpaired) electrons. The predicted octanol–water partition coefficient (Wildman–Crippen LogP) is 3.36. The van der Waals surface area contributed by atoms with Gasteiger partial charge < -0.3 is 14.5 Å². The van der Waals surface area contributed by atoms with Crippen LogP contribution in [0.4, 0.5) is 10.5 Å². The van der Waals surface area contributed by atoms with E-state index in [9.17, 15) is 4.79 Å². The van der Waals surface area contributed by atoms with E-state index in [2.05, 4.69) is 33.0 Å². The van der Waals surface area contributed by atoms with E-state index < -0.39 is 0 Å². The van der Waals surface area contributed by atoms with Crippen LogP contribution in [0.25, 0.3) is 0 Å². The number of anilines is 1. The Morgan fingerprint density at radius 3 is 2.35 bits per heavy atom. The number of carbonyl (C=O) groups is 1. The summed E-state index contributed by atoms with van der Waals surface area (Å²) in [7, 11) is 0. The van der Waals surface area contributed by atoms with Crippen molar-refractivity contribution in [2.75, 3.05) is 37.7 Å². The van der Waals surface area contributed by atoms with Gasteiger partial charge in [-0.2, -0.15) is 0 Å². The van der Waals surface area contributed by atoms with Crippen LogP contribution in [0.1, 0.15) is 13.8 Å². The SMILES string of the molecule is CC(C)COC(=O)N1CCN(c2ccc(Br)cc2)CC1. The minimum Gasteiger partial charge on any atom is -0.449 e. The van der Waals surface area contributed by atoms with Gasteiger partial charge in [-0.25, -0.2) is 4.79 Å². The van der Waals surface area contributed by atoms with Crippen LogP contribution in [0.2, 0.25) is 0 Å². The number of ether oxygens (including phenoxy) is 1. The lowest BCUT2D eigenvalue weighted by Crippen LogP contribution is -2.49. The Labute approximate surface area is 128 Å². The minimum absolute atomic E-state index is 0.186. The molecule has 2 rings (SSSR count). The third-order valence-corrected chi connectivity index (χ3v) is 3.80. The molecular formula is C15H21BrN2O2. The third-order valence-electron chi connectivity index (χ3n) is 3.27. The van der Waals surface area contributed by atoms with E-state index in [0.29, 0.717) is 25.6 Å². The van der Waals surface area contributed by atoms with E-state index >= 15 is 0 Å². The molecule has 0 spiro atoms. The van der Waals surface area contributed by atoms with Gasteiger partial charge in [-0.3, -0.25) is 0 Å². The van der Waals surface area contributed by atoms with Crippen molar-refractivity contribution in [2.24, 2.45) is 5.92 Å². The Hall–Kier alpha value is -1.23. The second kappa shape index (κ2) is 6.97. The van der Waals surface area contributed by atoms with E-state index in [4.69, 9.17) is 4.74 Å². The fraction of sp³-hybridized carbons (Fsp3) is 0.533. The van der Waals surface area contributed by atoms with Crippen LogP contribution in [-0.4, -0.2) is 43.8 Å². The standard InChI is InChI=1S/C15H21BrN2O2/c1-12(2)11-20-15(19)18-9-7-17(8-10-18)14-5-3-13(16)4-6-14/h3-6,12H,7-11H2,1-2H3. The molecular weight excluding hydrogens is 320 g/mol. The highest BCUT2D eigenvalue weighted by atomic mass is 79.9. The highest BCUT2D eigenvalue weighted by Crippen LogP contribution is 2.19. The lowest BCUT2D eigenvalue weighted by atomic mass is 10.2. The molecule has 1 aromatic carbocycles. The smallest absolute Gasteiger partial charge is 0.409 e. The monoisotopic (exact) mass is 340 g/mol. The maximum absolute atomic E-state index is 11.9. The van der Waals surface area contributed by atoms with Crippen molar-refractivity contribution < 1.29 is 9.53 Å². The van der Waals surface area contributed by atoms with Crippen LogP contribution in [0.5, 0.6) is 0 Å². The number of nitrogens with zero attached hydrogens (tertiary/aromatic N) is 2. The summed E-state index contributed by atoms with van der Waals surface area (Å²) >= 11 is 3.44. The van der Waals surface area contributed by atoms with Gasteiger partial charge in [0, 0.05) is 36.3 Å². The fourth-order valence-corrected chi connectivity index (χ4v) is 2.39. The molecule has 0 saturated carbocycles. The molecule has 0 unspecified atom stereocenters. The Balaban J connectivity index is 1.83. The van der Waals surface area contributed by atoms with Crippen molar-refractivity contribution in [3.05, 3.63) is 28.7 Å². The summed E-state index contributed by atoms with van der Waals surface area (Å²) in [6.45, 7) is 7.69. The highest BCUT2D eigenvalue weighted by molar-refractivity contribution is 9.10. The zero-order valence-corrected chi connectivity index (χ0v) is 13.6. The number of halogens is 1.